The number of nitrogens with zero attached hydrogens (tertiary/aromatic N) is 3. The van der Waals surface area contributed by atoms with Gasteiger partial charge in [0.25, 0.3) is 0 Å². The van der Waals surface area contributed by atoms with Gasteiger partial charge in [0, 0.05) is 16.8 Å². The van der Waals surface area contributed by atoms with Crippen molar-refractivity contribution in [2.45, 2.75) is 28.3 Å². The maximum Gasteiger partial charge on any atom is 0.187 e. The van der Waals surface area contributed by atoms with Crippen LogP contribution in [0.5, 0.6) is 0 Å². The van der Waals surface area contributed by atoms with Crippen molar-refractivity contribution >= 4 is 57.0 Å². The zero-order chi connectivity index (χ0) is 16.1. The van der Waals surface area contributed by atoms with Gasteiger partial charge in [-0.15, -0.1) is 21.5 Å². The fourth-order valence-electron chi connectivity index (χ4n) is 1.83. The number of rotatable bonds is 7. The van der Waals surface area contributed by atoms with Crippen LogP contribution in [0.25, 0.3) is 0 Å². The summed E-state index contributed by atoms with van der Waals surface area (Å²) in [5.41, 5.74) is 3.39. The lowest BCUT2D eigenvalue weighted by molar-refractivity contribution is 0.954. The zero-order valence-corrected chi connectivity index (χ0v) is 16.0. The number of anilines is 2. The summed E-state index contributed by atoms with van der Waals surface area (Å²) in [6, 6.07) is 8.23. The molecule has 2 aromatic heterocycles. The average molecular weight is 381 g/mol. The van der Waals surface area contributed by atoms with E-state index >= 15 is 0 Å². The highest BCUT2D eigenvalue weighted by atomic mass is 32.2. The lowest BCUT2D eigenvalue weighted by Crippen LogP contribution is -1.92. The van der Waals surface area contributed by atoms with Crippen molar-refractivity contribution < 1.29 is 0 Å². The Hall–Kier alpha value is -1.09. The van der Waals surface area contributed by atoms with Crippen molar-refractivity contribution in [1.82, 2.24) is 15.2 Å². The molecule has 1 aromatic carbocycles. The van der Waals surface area contributed by atoms with Crippen LogP contribution in [-0.4, -0.2) is 20.9 Å². The van der Waals surface area contributed by atoms with E-state index in [1.54, 1.807) is 46.2 Å². The van der Waals surface area contributed by atoms with E-state index in [1.165, 1.54) is 5.56 Å². The van der Waals surface area contributed by atoms with E-state index < -0.39 is 0 Å². The Balaban J connectivity index is 1.57. The summed E-state index contributed by atoms with van der Waals surface area (Å²) in [5, 5.41) is 14.8. The summed E-state index contributed by atoms with van der Waals surface area (Å²) >= 11 is 6.70. The summed E-state index contributed by atoms with van der Waals surface area (Å²) in [6.07, 6.45) is 0. The molecule has 120 valence electrons. The molecule has 0 saturated heterocycles. The molecule has 0 radical (unpaired) electrons. The first kappa shape index (κ1) is 16.8. The van der Waals surface area contributed by atoms with Gasteiger partial charge in [0.15, 0.2) is 13.8 Å². The summed E-state index contributed by atoms with van der Waals surface area (Å²) in [5.74, 6) is 1.84. The van der Waals surface area contributed by atoms with Gasteiger partial charge < -0.3 is 5.32 Å². The lowest BCUT2D eigenvalue weighted by Gasteiger charge is -2.05. The van der Waals surface area contributed by atoms with E-state index in [0.29, 0.717) is 0 Å². The molecule has 3 rings (SSSR count). The Morgan fingerprint density at radius 1 is 1.13 bits per heavy atom. The second-order valence-corrected chi connectivity index (χ2v) is 9.21. The van der Waals surface area contributed by atoms with Gasteiger partial charge in [0.1, 0.15) is 0 Å². The summed E-state index contributed by atoms with van der Waals surface area (Å²) in [4.78, 5) is 4.64. The Kier molecular flexibility index (Phi) is 5.93. The highest BCUT2D eigenvalue weighted by Crippen LogP contribution is 2.31. The van der Waals surface area contributed by atoms with Crippen LogP contribution < -0.4 is 5.32 Å². The van der Waals surface area contributed by atoms with E-state index in [2.05, 4.69) is 51.9 Å². The molecule has 0 unspecified atom stereocenters. The molecule has 4 nitrogen and oxygen atoms in total. The van der Waals surface area contributed by atoms with Gasteiger partial charge in [-0.25, -0.2) is 4.98 Å². The van der Waals surface area contributed by atoms with Crippen LogP contribution in [0.4, 0.5) is 10.8 Å². The molecule has 23 heavy (non-hydrogen) atoms. The fraction of sp³-hybridized carbons (Fsp3) is 0.267. The molecule has 0 aliphatic heterocycles. The van der Waals surface area contributed by atoms with Crippen molar-refractivity contribution in [2.24, 2.45) is 0 Å². The van der Waals surface area contributed by atoms with Crippen LogP contribution in [0.15, 0.2) is 38.3 Å². The fourth-order valence-corrected chi connectivity index (χ4v) is 5.47. The minimum atomic E-state index is 0.817. The Labute approximate surface area is 152 Å². The Morgan fingerprint density at radius 2 is 1.91 bits per heavy atom. The molecule has 0 amide bonds. The third-order valence-corrected chi connectivity index (χ3v) is 6.85. The lowest BCUT2D eigenvalue weighted by atomic mass is 10.2. The van der Waals surface area contributed by atoms with Crippen LogP contribution in [0.1, 0.15) is 18.2 Å². The number of thiazole rings is 1. The molecule has 0 spiro atoms. The number of aryl methyl sites for hydroxylation is 1. The van der Waals surface area contributed by atoms with Crippen LogP contribution in [0.3, 0.4) is 0 Å². The smallest absolute Gasteiger partial charge is 0.187 e. The number of benzene rings is 1. The van der Waals surface area contributed by atoms with Crippen molar-refractivity contribution in [2.75, 3.05) is 11.1 Å². The summed E-state index contributed by atoms with van der Waals surface area (Å²) in [6.45, 7) is 4.21. The first-order valence-electron chi connectivity index (χ1n) is 7.10. The van der Waals surface area contributed by atoms with Crippen molar-refractivity contribution in [3.63, 3.8) is 0 Å². The largest absolute Gasteiger partial charge is 0.331 e. The van der Waals surface area contributed by atoms with Gasteiger partial charge in [-0.2, -0.15) is 0 Å². The summed E-state index contributed by atoms with van der Waals surface area (Å²) in [7, 11) is 0. The average Bonchev–Trinajstić information content (AvgIpc) is 3.17. The molecule has 8 heteroatoms. The van der Waals surface area contributed by atoms with Crippen molar-refractivity contribution in [3.05, 3.63) is 40.9 Å². The Morgan fingerprint density at radius 3 is 2.70 bits per heavy atom. The summed E-state index contributed by atoms with van der Waals surface area (Å²) < 4.78 is 2.04. The standard InChI is InChI=1S/C15H16N4S4/c1-3-20-14-18-19-15(23-14)22-9-11-8-21-13(16-11)17-12-7-5-4-6-10(12)2/h4-8H,3,9H2,1-2H3,(H,16,17). The molecule has 0 fully saturated rings. The van der Waals surface area contributed by atoms with Crippen LogP contribution in [0, 0.1) is 6.92 Å². The van der Waals surface area contributed by atoms with E-state index in [0.717, 1.165) is 36.7 Å². The maximum atomic E-state index is 4.64. The number of hydrogen-bond donors (Lipinski definition) is 1. The molecule has 2 heterocycles. The Bertz CT molecular complexity index is 768. The third kappa shape index (κ3) is 4.69. The number of nitrogens with one attached hydrogen (secondary N) is 1. The highest BCUT2D eigenvalue weighted by Gasteiger charge is 2.08. The number of hydrogen-bond acceptors (Lipinski definition) is 8. The van der Waals surface area contributed by atoms with Gasteiger partial charge in [-0.1, -0.05) is 60.0 Å². The molecule has 0 atom stereocenters. The van der Waals surface area contributed by atoms with Gasteiger partial charge in [-0.05, 0) is 24.3 Å². The molecular weight excluding hydrogens is 364 g/mol. The minimum Gasteiger partial charge on any atom is -0.331 e. The molecule has 0 aliphatic carbocycles. The first-order valence-corrected chi connectivity index (χ1v) is 10.8. The van der Waals surface area contributed by atoms with E-state index in [4.69, 9.17) is 0 Å². The number of para-hydroxylation sites is 1. The second-order valence-electron chi connectivity index (χ2n) is 4.64. The zero-order valence-electron chi connectivity index (χ0n) is 12.8. The van der Waals surface area contributed by atoms with Crippen LogP contribution >= 0.6 is 46.2 Å². The SMILES string of the molecule is CCSc1nnc(SCc2csc(Nc3ccccc3C)n2)s1. The molecule has 0 saturated carbocycles. The maximum absolute atomic E-state index is 4.64. The molecular formula is C15H16N4S4. The quantitative estimate of drug-likeness (QED) is 0.550. The van der Waals surface area contributed by atoms with Crippen LogP contribution in [0.2, 0.25) is 0 Å². The van der Waals surface area contributed by atoms with E-state index in [9.17, 15) is 0 Å². The molecule has 3 aromatic rings. The predicted octanol–water partition coefficient (Wildman–Crippen LogP) is 5.45. The minimum absolute atomic E-state index is 0.817. The normalized spacial score (nSPS) is 10.9. The van der Waals surface area contributed by atoms with Crippen molar-refractivity contribution in [1.29, 1.82) is 0 Å². The topological polar surface area (TPSA) is 50.7 Å². The molecule has 0 aliphatic rings. The van der Waals surface area contributed by atoms with Gasteiger partial charge in [-0.3, -0.25) is 0 Å². The second kappa shape index (κ2) is 8.14. The molecule has 1 N–H and O–H groups in total. The molecule has 0 bridgehead atoms. The predicted molar refractivity (Wildman–Crippen MR) is 102 cm³/mol. The first-order chi connectivity index (χ1) is 11.2. The monoisotopic (exact) mass is 380 g/mol. The number of thioether (sulfide) groups is 2. The van der Waals surface area contributed by atoms with Crippen molar-refractivity contribution in [3.8, 4) is 0 Å². The van der Waals surface area contributed by atoms with Gasteiger partial charge in [0.2, 0.25) is 0 Å². The highest BCUT2D eigenvalue weighted by molar-refractivity contribution is 8.02. The van der Waals surface area contributed by atoms with Gasteiger partial charge >= 0.3 is 0 Å². The van der Waals surface area contributed by atoms with E-state index in [-0.39, 0.29) is 0 Å². The van der Waals surface area contributed by atoms with Crippen LogP contribution in [-0.2, 0) is 5.75 Å². The van der Waals surface area contributed by atoms with Gasteiger partial charge in [0.05, 0.1) is 5.69 Å². The number of aromatic nitrogens is 3. The van der Waals surface area contributed by atoms with E-state index in [1.807, 2.05) is 12.1 Å². The third-order valence-electron chi connectivity index (χ3n) is 2.94.